The third kappa shape index (κ3) is 8.24. The second-order valence-electron chi connectivity index (χ2n) is 16.1. The summed E-state index contributed by atoms with van der Waals surface area (Å²) < 4.78 is 34.7. The lowest BCUT2D eigenvalue weighted by atomic mass is 9.93. The van der Waals surface area contributed by atoms with Gasteiger partial charge in [0.15, 0.2) is 5.79 Å². The van der Waals surface area contributed by atoms with Crippen molar-refractivity contribution in [3.8, 4) is 12.3 Å². The van der Waals surface area contributed by atoms with Crippen molar-refractivity contribution >= 4 is 37.4 Å². The smallest absolute Gasteiger partial charge is 0.261 e. The molecule has 52 heavy (non-hydrogen) atoms. The Balaban J connectivity index is 1.61. The highest BCUT2D eigenvalue weighted by Gasteiger charge is 2.55. The maximum absolute atomic E-state index is 7.80. The molecule has 4 aromatic rings. The zero-order valence-electron chi connectivity index (χ0n) is 32.4. The van der Waals surface area contributed by atoms with Gasteiger partial charge in [0.2, 0.25) is 0 Å². The molecule has 0 amide bonds. The molecule has 1 heterocycles. The van der Waals surface area contributed by atoms with Crippen molar-refractivity contribution in [1.29, 1.82) is 0 Å². The molecule has 5 rings (SSSR count). The Kier molecular flexibility index (Phi) is 12.9. The average Bonchev–Trinajstić information content (AvgIpc) is 3.14. The maximum Gasteiger partial charge on any atom is 0.261 e. The molecule has 0 aliphatic carbocycles. The number of methoxy groups -OCH3 is 2. The molecule has 276 valence electrons. The number of hydrogen-bond donors (Lipinski definition) is 0. The quantitative estimate of drug-likeness (QED) is 0.0995. The predicted molar refractivity (Wildman–Crippen MR) is 219 cm³/mol. The first-order chi connectivity index (χ1) is 24.8. The third-order valence-electron chi connectivity index (χ3n) is 10.7. The lowest BCUT2D eigenvalue weighted by molar-refractivity contribution is -0.297. The molecule has 0 spiro atoms. The van der Waals surface area contributed by atoms with Crippen LogP contribution in [0.5, 0.6) is 0 Å². The predicted octanol–water partition coefficient (Wildman–Crippen LogP) is 7.46. The molecule has 0 radical (unpaired) electrons. The number of rotatable bonds is 14. The van der Waals surface area contributed by atoms with Gasteiger partial charge in [0, 0.05) is 39.9 Å². The maximum atomic E-state index is 7.80. The van der Waals surface area contributed by atoms with Gasteiger partial charge in [0.25, 0.3) is 16.6 Å². The van der Waals surface area contributed by atoms with Gasteiger partial charge >= 0.3 is 0 Å². The summed E-state index contributed by atoms with van der Waals surface area (Å²) in [5.41, 5.74) is 0. The summed E-state index contributed by atoms with van der Waals surface area (Å²) in [6.45, 7) is 14.2. The van der Waals surface area contributed by atoms with Crippen LogP contribution in [0.15, 0.2) is 121 Å². The van der Waals surface area contributed by atoms with Crippen LogP contribution in [0.1, 0.15) is 67.2 Å². The second-order valence-corrected chi connectivity index (χ2v) is 24.7. The summed E-state index contributed by atoms with van der Waals surface area (Å²) in [5, 5.41) is 4.58. The van der Waals surface area contributed by atoms with Gasteiger partial charge in [-0.2, -0.15) is 0 Å². The summed E-state index contributed by atoms with van der Waals surface area (Å²) in [7, 11) is -2.32. The van der Waals surface area contributed by atoms with Crippen LogP contribution in [0, 0.1) is 12.3 Å². The van der Waals surface area contributed by atoms with Gasteiger partial charge in [0.1, 0.15) is 0 Å². The van der Waals surface area contributed by atoms with Gasteiger partial charge in [-0.15, -0.1) is 12.3 Å². The standard InChI is InChI=1S/C45H58O5Si2/c1-10-23-36(46-8)33-45(47-9)34-37(50-52(44(5,6)7,41-28-19-13-20-29-41)42-30-21-14-22-31-42)32-38(49-45)35-48-51(43(2,3)4,39-24-15-11-16-25-39)40-26-17-12-18-27-40/h1,11-22,24-31,36-38H,23,32-35H2,2-9H3/t36-,37-,38+,45+/m0/s1. The minimum absolute atomic E-state index is 0.179. The Bertz CT molecular complexity index is 1640. The SMILES string of the molecule is C#CC[C@@H](C[C@]1(OC)C[C@@H](O[Si](c2ccccc2)(c2ccccc2)C(C)(C)C)C[C@H](CO[Si](c2ccccc2)(c2ccccc2)C(C)(C)C)O1)OC. The van der Waals surface area contributed by atoms with Crippen LogP contribution in [0.4, 0.5) is 0 Å². The molecular weight excluding hydrogens is 677 g/mol. The molecule has 1 saturated heterocycles. The Hall–Kier alpha value is -3.33. The van der Waals surface area contributed by atoms with E-state index in [1.54, 1.807) is 14.2 Å². The van der Waals surface area contributed by atoms with E-state index in [1.165, 1.54) is 20.7 Å². The summed E-state index contributed by atoms with van der Waals surface area (Å²) >= 11 is 0. The number of terminal acetylenes is 1. The van der Waals surface area contributed by atoms with Crippen molar-refractivity contribution in [3.63, 3.8) is 0 Å². The normalized spacial score (nSPS) is 20.6. The van der Waals surface area contributed by atoms with Crippen molar-refractivity contribution in [2.75, 3.05) is 20.8 Å². The van der Waals surface area contributed by atoms with E-state index in [-0.39, 0.29) is 28.4 Å². The second kappa shape index (κ2) is 16.8. The molecule has 0 aromatic heterocycles. The van der Waals surface area contributed by atoms with Crippen LogP contribution >= 0.6 is 0 Å². The number of hydrogen-bond acceptors (Lipinski definition) is 5. The Morgan fingerprint density at radius 1 is 0.712 bits per heavy atom. The van der Waals surface area contributed by atoms with Crippen molar-refractivity contribution < 1.29 is 23.1 Å². The highest BCUT2D eigenvalue weighted by atomic mass is 28.4. The molecule has 7 heteroatoms. The van der Waals surface area contributed by atoms with Gasteiger partial charge < -0.3 is 23.1 Å². The number of ether oxygens (including phenoxy) is 3. The summed E-state index contributed by atoms with van der Waals surface area (Å²) in [4.78, 5) is 0. The van der Waals surface area contributed by atoms with Crippen molar-refractivity contribution in [1.82, 2.24) is 0 Å². The fourth-order valence-electron chi connectivity index (χ4n) is 8.30. The van der Waals surface area contributed by atoms with Crippen LogP contribution in [-0.2, 0) is 23.1 Å². The largest absolute Gasteiger partial charge is 0.405 e. The van der Waals surface area contributed by atoms with Gasteiger partial charge in [-0.1, -0.05) is 163 Å². The van der Waals surface area contributed by atoms with Crippen LogP contribution in [-0.4, -0.2) is 61.6 Å². The zero-order valence-corrected chi connectivity index (χ0v) is 34.4. The summed E-state index contributed by atoms with van der Waals surface area (Å²) in [6.07, 6.45) is 7.17. The molecule has 0 N–H and O–H groups in total. The van der Waals surface area contributed by atoms with Crippen LogP contribution < -0.4 is 20.7 Å². The molecule has 4 aromatic carbocycles. The van der Waals surface area contributed by atoms with Gasteiger partial charge in [-0.25, -0.2) is 0 Å². The van der Waals surface area contributed by atoms with Crippen molar-refractivity contribution in [2.24, 2.45) is 0 Å². The van der Waals surface area contributed by atoms with E-state index in [1.807, 2.05) is 0 Å². The van der Waals surface area contributed by atoms with E-state index in [2.05, 4.69) is 169 Å². The first kappa shape index (κ1) is 39.9. The highest BCUT2D eigenvalue weighted by molar-refractivity contribution is 7.00. The average molecular weight is 735 g/mol. The molecule has 0 saturated carbocycles. The Morgan fingerprint density at radius 3 is 1.50 bits per heavy atom. The fourth-order valence-corrected chi connectivity index (χ4v) is 17.6. The van der Waals surface area contributed by atoms with Gasteiger partial charge in [-0.3, -0.25) is 0 Å². The van der Waals surface area contributed by atoms with E-state index >= 15 is 0 Å². The summed E-state index contributed by atoms with van der Waals surface area (Å²) in [6, 6.07) is 43.1. The topological polar surface area (TPSA) is 46.2 Å². The van der Waals surface area contributed by atoms with E-state index in [0.29, 0.717) is 32.3 Å². The minimum atomic E-state index is -2.91. The number of benzene rings is 4. The van der Waals surface area contributed by atoms with E-state index < -0.39 is 22.4 Å². The molecule has 4 atom stereocenters. The van der Waals surface area contributed by atoms with E-state index in [4.69, 9.17) is 29.5 Å². The monoisotopic (exact) mass is 734 g/mol. The zero-order chi connectivity index (χ0) is 37.5. The molecule has 1 aliphatic rings. The van der Waals surface area contributed by atoms with Crippen LogP contribution in [0.2, 0.25) is 10.1 Å². The molecule has 0 bridgehead atoms. The van der Waals surface area contributed by atoms with E-state index in [0.717, 1.165) is 0 Å². The summed E-state index contributed by atoms with van der Waals surface area (Å²) in [5.74, 6) is 1.80. The first-order valence-electron chi connectivity index (χ1n) is 18.6. The highest BCUT2D eigenvalue weighted by Crippen LogP contribution is 2.43. The Morgan fingerprint density at radius 2 is 1.13 bits per heavy atom. The molecule has 5 nitrogen and oxygen atoms in total. The first-order valence-corrected chi connectivity index (χ1v) is 22.4. The lowest BCUT2D eigenvalue weighted by Gasteiger charge is -2.51. The molecular formula is C45H58O5Si2. The fraction of sp³-hybridized carbons (Fsp3) is 0.422. The van der Waals surface area contributed by atoms with Crippen molar-refractivity contribution in [2.45, 2.75) is 101 Å². The van der Waals surface area contributed by atoms with Gasteiger partial charge in [-0.05, 0) is 30.8 Å². The van der Waals surface area contributed by atoms with Gasteiger partial charge in [0.05, 0.1) is 24.9 Å². The van der Waals surface area contributed by atoms with Crippen LogP contribution in [0.3, 0.4) is 0 Å². The van der Waals surface area contributed by atoms with E-state index in [9.17, 15) is 0 Å². The van der Waals surface area contributed by atoms with Crippen LogP contribution in [0.25, 0.3) is 0 Å². The van der Waals surface area contributed by atoms with Crippen molar-refractivity contribution in [3.05, 3.63) is 121 Å². The third-order valence-corrected chi connectivity index (χ3v) is 20.8. The minimum Gasteiger partial charge on any atom is -0.405 e. The lowest BCUT2D eigenvalue weighted by Crippen LogP contribution is -2.69. The molecule has 1 aliphatic heterocycles. The molecule has 1 fully saturated rings. The Labute approximate surface area is 315 Å². The molecule has 0 unspecified atom stereocenters.